The molecular weight excluding hydrogens is 341 g/mol. The Morgan fingerprint density at radius 3 is 2.00 bits per heavy atom. The maximum Gasteiger partial charge on any atom is 0.262 e. The summed E-state index contributed by atoms with van der Waals surface area (Å²) in [6.07, 6.45) is 0. The van der Waals surface area contributed by atoms with E-state index in [1.165, 1.54) is 12.1 Å². The van der Waals surface area contributed by atoms with Crippen LogP contribution in [0.2, 0.25) is 10.0 Å². The van der Waals surface area contributed by atoms with Crippen molar-refractivity contribution in [3.8, 4) is 0 Å². The van der Waals surface area contributed by atoms with Crippen molar-refractivity contribution in [2.75, 3.05) is 0 Å². The first kappa shape index (κ1) is 16.0. The Morgan fingerprint density at radius 1 is 1.04 bits per heavy atom. The van der Waals surface area contributed by atoms with Gasteiger partial charge in [0.2, 0.25) is 11.8 Å². The van der Waals surface area contributed by atoms with Gasteiger partial charge in [0.15, 0.2) is 0 Å². The summed E-state index contributed by atoms with van der Waals surface area (Å²) in [5.41, 5.74) is 0.133. The quantitative estimate of drug-likeness (QED) is 0.772. The highest BCUT2D eigenvalue weighted by Crippen LogP contribution is 2.32. The smallest absolute Gasteiger partial charge is 0.262 e. The van der Waals surface area contributed by atoms with E-state index in [-0.39, 0.29) is 39.0 Å². The maximum atomic E-state index is 12.4. The first-order chi connectivity index (χ1) is 10.7. The number of amides is 2. The molecule has 3 rings (SSSR count). The molecule has 1 aromatic carbocycles. The zero-order chi connectivity index (χ0) is 16.9. The summed E-state index contributed by atoms with van der Waals surface area (Å²) in [5.74, 6) is -0.282. The Kier molecular flexibility index (Phi) is 3.69. The van der Waals surface area contributed by atoms with Gasteiger partial charge in [0.25, 0.3) is 11.8 Å². The summed E-state index contributed by atoms with van der Waals surface area (Å²) >= 11 is 11.8. The Hall–Kier alpha value is -1.92. The van der Waals surface area contributed by atoms with Gasteiger partial charge < -0.3 is 4.42 Å². The fourth-order valence-corrected chi connectivity index (χ4v) is 2.51. The van der Waals surface area contributed by atoms with E-state index < -0.39 is 11.8 Å². The molecule has 8 heteroatoms. The van der Waals surface area contributed by atoms with Crippen LogP contribution < -0.4 is 0 Å². The summed E-state index contributed by atoms with van der Waals surface area (Å²) < 4.78 is 5.53. The van der Waals surface area contributed by atoms with Crippen molar-refractivity contribution in [3.63, 3.8) is 0 Å². The Morgan fingerprint density at radius 2 is 1.57 bits per heavy atom. The van der Waals surface area contributed by atoms with Crippen LogP contribution >= 0.6 is 23.2 Å². The van der Waals surface area contributed by atoms with Gasteiger partial charge in [0, 0.05) is 5.41 Å². The minimum atomic E-state index is -0.459. The van der Waals surface area contributed by atoms with Crippen LogP contribution in [-0.2, 0) is 12.0 Å². The van der Waals surface area contributed by atoms with Gasteiger partial charge in [0.05, 0.1) is 21.2 Å². The van der Waals surface area contributed by atoms with Gasteiger partial charge >= 0.3 is 0 Å². The number of fused-ring (bicyclic) bond motifs is 1. The van der Waals surface area contributed by atoms with Crippen LogP contribution in [0.4, 0.5) is 0 Å². The summed E-state index contributed by atoms with van der Waals surface area (Å²) in [6, 6.07) is 2.79. The molecule has 23 heavy (non-hydrogen) atoms. The van der Waals surface area contributed by atoms with Crippen LogP contribution in [0.1, 0.15) is 53.3 Å². The molecule has 0 saturated carbocycles. The largest absolute Gasteiger partial charge is 0.423 e. The van der Waals surface area contributed by atoms with Crippen molar-refractivity contribution in [2.45, 2.75) is 32.7 Å². The van der Waals surface area contributed by atoms with E-state index in [0.29, 0.717) is 5.89 Å². The third-order valence-corrected chi connectivity index (χ3v) is 4.14. The molecule has 2 heterocycles. The molecule has 6 nitrogen and oxygen atoms in total. The lowest BCUT2D eigenvalue weighted by molar-refractivity contribution is 0.0627. The number of carbonyl (C=O) groups is 2. The number of hydrogen-bond donors (Lipinski definition) is 0. The van der Waals surface area contributed by atoms with Gasteiger partial charge in [-0.3, -0.25) is 14.5 Å². The Bertz CT molecular complexity index is 783. The van der Waals surface area contributed by atoms with Crippen molar-refractivity contribution in [1.29, 1.82) is 0 Å². The van der Waals surface area contributed by atoms with E-state index in [9.17, 15) is 9.59 Å². The standard InChI is InChI=1S/C15H13Cl2N3O3/c1-15(2,3)14-19-18-11(23-14)6-20-12(21)7-4-9(16)10(17)5-8(7)13(20)22/h4-5H,6H2,1-3H3. The normalized spacial score (nSPS) is 14.6. The predicted molar refractivity (Wildman–Crippen MR) is 83.7 cm³/mol. The lowest BCUT2D eigenvalue weighted by Crippen LogP contribution is -2.29. The number of imide groups is 1. The average molecular weight is 354 g/mol. The van der Waals surface area contributed by atoms with E-state index in [1.54, 1.807) is 0 Å². The van der Waals surface area contributed by atoms with Gasteiger partial charge in [-0.2, -0.15) is 0 Å². The van der Waals surface area contributed by atoms with Gasteiger partial charge in [0.1, 0.15) is 6.54 Å². The van der Waals surface area contributed by atoms with E-state index in [4.69, 9.17) is 27.6 Å². The van der Waals surface area contributed by atoms with Crippen molar-refractivity contribution in [2.24, 2.45) is 0 Å². The molecule has 120 valence electrons. The van der Waals surface area contributed by atoms with Crippen LogP contribution in [-0.4, -0.2) is 26.9 Å². The molecule has 1 aromatic heterocycles. The topological polar surface area (TPSA) is 76.3 Å². The fraction of sp³-hybridized carbons (Fsp3) is 0.333. The molecule has 0 radical (unpaired) electrons. The fourth-order valence-electron chi connectivity index (χ4n) is 2.18. The SMILES string of the molecule is CC(C)(C)c1nnc(CN2C(=O)c3cc(Cl)c(Cl)cc3C2=O)o1. The molecule has 1 aliphatic rings. The number of benzene rings is 1. The molecule has 0 unspecified atom stereocenters. The third kappa shape index (κ3) is 2.72. The van der Waals surface area contributed by atoms with Crippen molar-refractivity contribution in [3.05, 3.63) is 45.1 Å². The molecule has 0 bridgehead atoms. The highest BCUT2D eigenvalue weighted by molar-refractivity contribution is 6.43. The highest BCUT2D eigenvalue weighted by Gasteiger charge is 2.37. The molecule has 0 N–H and O–H groups in total. The number of nitrogens with zero attached hydrogens (tertiary/aromatic N) is 3. The van der Waals surface area contributed by atoms with Gasteiger partial charge in [-0.25, -0.2) is 0 Å². The molecule has 0 spiro atoms. The molecule has 0 fully saturated rings. The van der Waals surface area contributed by atoms with Crippen LogP contribution in [0, 0.1) is 0 Å². The molecule has 0 saturated heterocycles. The average Bonchev–Trinajstić information content (AvgIpc) is 3.01. The second-order valence-corrected chi connectivity index (χ2v) is 7.07. The third-order valence-electron chi connectivity index (χ3n) is 3.41. The predicted octanol–water partition coefficient (Wildman–Crippen LogP) is 3.47. The van der Waals surface area contributed by atoms with Gasteiger partial charge in [-0.05, 0) is 12.1 Å². The van der Waals surface area contributed by atoms with E-state index in [0.717, 1.165) is 4.90 Å². The van der Waals surface area contributed by atoms with E-state index in [1.807, 2.05) is 20.8 Å². The summed E-state index contributed by atoms with van der Waals surface area (Å²) in [6.45, 7) is 5.69. The molecule has 2 aromatic rings. The van der Waals surface area contributed by atoms with Crippen LogP contribution in [0.15, 0.2) is 16.5 Å². The minimum absolute atomic E-state index is 0.0926. The first-order valence-electron chi connectivity index (χ1n) is 6.86. The molecule has 1 aliphatic heterocycles. The summed E-state index contributed by atoms with van der Waals surface area (Å²) in [5, 5.41) is 8.29. The van der Waals surface area contributed by atoms with Crippen molar-refractivity contribution in [1.82, 2.24) is 15.1 Å². The molecule has 2 amide bonds. The second-order valence-electron chi connectivity index (χ2n) is 6.26. The lowest BCUT2D eigenvalue weighted by Gasteiger charge is -2.12. The van der Waals surface area contributed by atoms with E-state index in [2.05, 4.69) is 10.2 Å². The number of hydrogen-bond acceptors (Lipinski definition) is 5. The van der Waals surface area contributed by atoms with Gasteiger partial charge in [-0.1, -0.05) is 44.0 Å². The van der Waals surface area contributed by atoms with Crippen LogP contribution in [0.3, 0.4) is 0 Å². The number of carbonyl (C=O) groups excluding carboxylic acids is 2. The molecular formula is C15H13Cl2N3O3. The molecule has 0 atom stereocenters. The monoisotopic (exact) mass is 353 g/mol. The number of rotatable bonds is 2. The van der Waals surface area contributed by atoms with Crippen molar-refractivity contribution < 1.29 is 14.0 Å². The second kappa shape index (κ2) is 5.32. The lowest BCUT2D eigenvalue weighted by atomic mass is 9.97. The van der Waals surface area contributed by atoms with Crippen molar-refractivity contribution >= 4 is 35.0 Å². The molecule has 0 aliphatic carbocycles. The van der Waals surface area contributed by atoms with Gasteiger partial charge in [-0.15, -0.1) is 10.2 Å². The van der Waals surface area contributed by atoms with Crippen LogP contribution in [0.5, 0.6) is 0 Å². The zero-order valence-electron chi connectivity index (χ0n) is 12.7. The van der Waals surface area contributed by atoms with E-state index >= 15 is 0 Å². The first-order valence-corrected chi connectivity index (χ1v) is 7.62. The van der Waals surface area contributed by atoms with Crippen LogP contribution in [0.25, 0.3) is 0 Å². The number of aromatic nitrogens is 2. The number of halogens is 2. The Balaban J connectivity index is 1.89. The summed E-state index contributed by atoms with van der Waals surface area (Å²) in [7, 11) is 0. The Labute approximate surface area is 142 Å². The summed E-state index contributed by atoms with van der Waals surface area (Å²) in [4.78, 5) is 25.8. The maximum absolute atomic E-state index is 12.4. The zero-order valence-corrected chi connectivity index (χ0v) is 14.2. The highest BCUT2D eigenvalue weighted by atomic mass is 35.5. The minimum Gasteiger partial charge on any atom is -0.423 e.